The first-order valence-electron chi connectivity index (χ1n) is 5.93. The van der Waals surface area contributed by atoms with Gasteiger partial charge in [-0.3, -0.25) is 4.79 Å². The van der Waals surface area contributed by atoms with Crippen LogP contribution in [0.5, 0.6) is 0 Å². The monoisotopic (exact) mass is 249 g/mol. The van der Waals surface area contributed by atoms with Crippen LogP contribution in [-0.2, 0) is 11.2 Å². The summed E-state index contributed by atoms with van der Waals surface area (Å²) < 4.78 is 0. The third kappa shape index (κ3) is 3.90. The molecule has 0 heterocycles. The fraction of sp³-hybridized carbons (Fsp3) is 0.357. The summed E-state index contributed by atoms with van der Waals surface area (Å²) in [6.45, 7) is 0. The molecule has 90 valence electrons. The van der Waals surface area contributed by atoms with E-state index in [1.165, 1.54) is 0 Å². The summed E-state index contributed by atoms with van der Waals surface area (Å²) >= 11 is 5.80. The van der Waals surface area contributed by atoms with E-state index in [-0.39, 0.29) is 5.91 Å². The second kappa shape index (κ2) is 5.87. The molecule has 0 fully saturated rings. The molecule has 0 bridgehead atoms. The first-order chi connectivity index (χ1) is 8.24. The normalized spacial score (nSPS) is 19.0. The van der Waals surface area contributed by atoms with Crippen LogP contribution in [0, 0.1) is 0 Å². The molecule has 0 radical (unpaired) electrons. The first-order valence-corrected chi connectivity index (χ1v) is 6.30. The number of hydrogen-bond donors (Lipinski definition) is 1. The molecule has 1 aliphatic carbocycles. The van der Waals surface area contributed by atoms with Crippen molar-refractivity contribution < 1.29 is 4.79 Å². The summed E-state index contributed by atoms with van der Waals surface area (Å²) in [5.41, 5.74) is 0.998. The molecule has 0 aromatic heterocycles. The van der Waals surface area contributed by atoms with Crippen LogP contribution < -0.4 is 5.32 Å². The molecule has 0 spiro atoms. The number of benzene rings is 1. The molecule has 0 saturated carbocycles. The molecule has 0 saturated heterocycles. The van der Waals surface area contributed by atoms with Crippen molar-refractivity contribution in [2.75, 3.05) is 0 Å². The molecule has 1 aromatic rings. The molecule has 2 rings (SSSR count). The Morgan fingerprint density at radius 1 is 1.29 bits per heavy atom. The highest BCUT2D eigenvalue weighted by molar-refractivity contribution is 6.30. The summed E-state index contributed by atoms with van der Waals surface area (Å²) in [6.07, 6.45) is 7.79. The highest BCUT2D eigenvalue weighted by atomic mass is 35.5. The van der Waals surface area contributed by atoms with Crippen molar-refractivity contribution in [2.45, 2.75) is 31.7 Å². The maximum absolute atomic E-state index is 11.8. The van der Waals surface area contributed by atoms with E-state index in [0.717, 1.165) is 24.8 Å². The highest BCUT2D eigenvalue weighted by Gasteiger charge is 2.12. The van der Waals surface area contributed by atoms with Gasteiger partial charge >= 0.3 is 0 Å². The number of carbonyl (C=O) groups is 1. The number of amides is 1. The van der Waals surface area contributed by atoms with Gasteiger partial charge in [0.05, 0.1) is 6.42 Å². The van der Waals surface area contributed by atoms with Crippen LogP contribution in [0.1, 0.15) is 24.8 Å². The van der Waals surface area contributed by atoms with Crippen molar-refractivity contribution in [2.24, 2.45) is 0 Å². The lowest BCUT2D eigenvalue weighted by molar-refractivity contribution is -0.121. The zero-order valence-corrected chi connectivity index (χ0v) is 10.4. The van der Waals surface area contributed by atoms with E-state index in [1.807, 2.05) is 24.3 Å². The Kier molecular flexibility index (Phi) is 4.21. The van der Waals surface area contributed by atoms with Crippen LogP contribution in [0.25, 0.3) is 0 Å². The molecule has 3 heteroatoms. The van der Waals surface area contributed by atoms with Crippen molar-refractivity contribution in [1.29, 1.82) is 0 Å². The van der Waals surface area contributed by atoms with Gasteiger partial charge in [0.25, 0.3) is 0 Å². The van der Waals surface area contributed by atoms with Gasteiger partial charge < -0.3 is 5.32 Å². The number of carbonyl (C=O) groups excluding carboxylic acids is 1. The Hall–Kier alpha value is -1.28. The number of halogens is 1. The molecular formula is C14H16ClNO. The van der Waals surface area contributed by atoms with Crippen LogP contribution in [0.15, 0.2) is 36.4 Å². The molecular weight excluding hydrogens is 234 g/mol. The molecule has 1 amide bonds. The second-order valence-electron chi connectivity index (χ2n) is 4.35. The number of allylic oxidation sites excluding steroid dienone is 1. The van der Waals surface area contributed by atoms with E-state index < -0.39 is 0 Å². The predicted molar refractivity (Wildman–Crippen MR) is 70.1 cm³/mol. The van der Waals surface area contributed by atoms with Gasteiger partial charge in [-0.15, -0.1) is 0 Å². The number of hydrogen-bond acceptors (Lipinski definition) is 1. The summed E-state index contributed by atoms with van der Waals surface area (Å²) in [5, 5.41) is 3.76. The highest BCUT2D eigenvalue weighted by Crippen LogP contribution is 2.12. The minimum Gasteiger partial charge on any atom is -0.353 e. The van der Waals surface area contributed by atoms with Gasteiger partial charge in [-0.05, 0) is 37.0 Å². The van der Waals surface area contributed by atoms with E-state index in [2.05, 4.69) is 17.5 Å². The lowest BCUT2D eigenvalue weighted by Crippen LogP contribution is -2.36. The molecule has 1 unspecified atom stereocenters. The molecule has 17 heavy (non-hydrogen) atoms. The zero-order chi connectivity index (χ0) is 12.1. The third-order valence-electron chi connectivity index (χ3n) is 2.91. The third-order valence-corrected chi connectivity index (χ3v) is 3.16. The molecule has 1 N–H and O–H groups in total. The maximum atomic E-state index is 11.8. The van der Waals surface area contributed by atoms with E-state index in [1.54, 1.807) is 0 Å². The number of nitrogens with one attached hydrogen (secondary N) is 1. The fourth-order valence-corrected chi connectivity index (χ4v) is 2.12. The van der Waals surface area contributed by atoms with Gasteiger partial charge in [-0.25, -0.2) is 0 Å². The lowest BCUT2D eigenvalue weighted by Gasteiger charge is -2.19. The van der Waals surface area contributed by atoms with Crippen molar-refractivity contribution in [3.8, 4) is 0 Å². The summed E-state index contributed by atoms with van der Waals surface area (Å²) in [6, 6.07) is 7.71. The van der Waals surface area contributed by atoms with Gasteiger partial charge in [0.1, 0.15) is 0 Å². The van der Waals surface area contributed by atoms with Crippen molar-refractivity contribution in [1.82, 2.24) is 5.32 Å². The van der Waals surface area contributed by atoms with Crippen LogP contribution in [0.2, 0.25) is 5.02 Å². The smallest absolute Gasteiger partial charge is 0.224 e. The fourth-order valence-electron chi connectivity index (χ4n) is 1.99. The standard InChI is InChI=1S/C14H16ClNO/c15-12-8-6-11(7-9-12)10-14(17)16-13-4-2-1-3-5-13/h1-2,6-9,13H,3-5,10H2,(H,16,17). The van der Waals surface area contributed by atoms with E-state index in [0.29, 0.717) is 17.5 Å². The predicted octanol–water partition coefficient (Wildman–Crippen LogP) is 3.11. The Bertz CT molecular complexity index is 411. The van der Waals surface area contributed by atoms with E-state index in [4.69, 9.17) is 11.6 Å². The summed E-state index contributed by atoms with van der Waals surface area (Å²) in [4.78, 5) is 11.8. The molecule has 1 aliphatic rings. The zero-order valence-electron chi connectivity index (χ0n) is 9.66. The Labute approximate surface area is 107 Å². The van der Waals surface area contributed by atoms with Crippen molar-refractivity contribution in [3.63, 3.8) is 0 Å². The van der Waals surface area contributed by atoms with E-state index in [9.17, 15) is 4.79 Å². The van der Waals surface area contributed by atoms with Crippen LogP contribution in [0.4, 0.5) is 0 Å². The Balaban J connectivity index is 1.84. The topological polar surface area (TPSA) is 29.1 Å². The number of rotatable bonds is 3. The van der Waals surface area contributed by atoms with Crippen molar-refractivity contribution in [3.05, 3.63) is 47.0 Å². The lowest BCUT2D eigenvalue weighted by atomic mass is 10.0. The van der Waals surface area contributed by atoms with Crippen molar-refractivity contribution >= 4 is 17.5 Å². The minimum absolute atomic E-state index is 0.0904. The van der Waals surface area contributed by atoms with Gasteiger partial charge in [0.2, 0.25) is 5.91 Å². The van der Waals surface area contributed by atoms with Gasteiger partial charge in [-0.2, -0.15) is 0 Å². The first kappa shape index (κ1) is 12.2. The second-order valence-corrected chi connectivity index (χ2v) is 4.79. The molecule has 2 nitrogen and oxygen atoms in total. The average Bonchev–Trinajstić information content (AvgIpc) is 2.33. The Morgan fingerprint density at radius 2 is 2.06 bits per heavy atom. The Morgan fingerprint density at radius 3 is 2.71 bits per heavy atom. The van der Waals surface area contributed by atoms with Crippen LogP contribution >= 0.6 is 11.6 Å². The summed E-state index contributed by atoms with van der Waals surface area (Å²) in [5.74, 6) is 0.0904. The van der Waals surface area contributed by atoms with Gasteiger partial charge in [0, 0.05) is 11.1 Å². The summed E-state index contributed by atoms with van der Waals surface area (Å²) in [7, 11) is 0. The quantitative estimate of drug-likeness (QED) is 0.820. The molecule has 0 aliphatic heterocycles. The minimum atomic E-state index is 0.0904. The van der Waals surface area contributed by atoms with Crippen LogP contribution in [-0.4, -0.2) is 11.9 Å². The SMILES string of the molecule is O=C(Cc1ccc(Cl)cc1)NC1CC=CCC1. The van der Waals surface area contributed by atoms with Gasteiger partial charge in [-0.1, -0.05) is 35.9 Å². The maximum Gasteiger partial charge on any atom is 0.224 e. The largest absolute Gasteiger partial charge is 0.353 e. The average molecular weight is 250 g/mol. The van der Waals surface area contributed by atoms with E-state index >= 15 is 0 Å². The van der Waals surface area contributed by atoms with Crippen LogP contribution in [0.3, 0.4) is 0 Å². The molecule has 1 aromatic carbocycles. The molecule has 1 atom stereocenters. The van der Waals surface area contributed by atoms with Gasteiger partial charge in [0.15, 0.2) is 0 Å².